The van der Waals surface area contributed by atoms with Crippen molar-refractivity contribution in [1.29, 1.82) is 0 Å². The number of hydrogen-bond acceptors (Lipinski definition) is 4. The van der Waals surface area contributed by atoms with Crippen LogP contribution in [0.5, 0.6) is 0 Å². The van der Waals surface area contributed by atoms with Gasteiger partial charge in [-0.25, -0.2) is 0 Å². The van der Waals surface area contributed by atoms with Gasteiger partial charge in [0.2, 0.25) is 0 Å². The van der Waals surface area contributed by atoms with E-state index in [9.17, 15) is 19.2 Å². The van der Waals surface area contributed by atoms with Crippen LogP contribution in [0.15, 0.2) is 84.9 Å². The molecule has 0 amide bonds. The van der Waals surface area contributed by atoms with Crippen molar-refractivity contribution in [3.05, 3.63) is 107 Å². The molecule has 4 nitrogen and oxygen atoms in total. The molecule has 0 saturated carbocycles. The van der Waals surface area contributed by atoms with E-state index < -0.39 is 21.0 Å². The van der Waals surface area contributed by atoms with E-state index in [-0.39, 0.29) is 0 Å². The molecule has 0 N–H and O–H groups in total. The summed E-state index contributed by atoms with van der Waals surface area (Å²) in [6, 6.07) is 23.9. The molecule has 0 spiro atoms. The first kappa shape index (κ1) is 25.6. The van der Waals surface area contributed by atoms with Crippen molar-refractivity contribution < 1.29 is 19.2 Å². The fraction of sp³-hybridized carbons (Fsp3) is 0. The van der Waals surface area contributed by atoms with Gasteiger partial charge >= 0.3 is 0 Å². The average molecular weight is 532 g/mol. The Morgan fingerprint density at radius 2 is 0.647 bits per heavy atom. The van der Waals surface area contributed by atoms with Crippen LogP contribution in [0.4, 0.5) is 0 Å². The van der Waals surface area contributed by atoms with Crippen LogP contribution < -0.4 is 0 Å². The maximum Gasteiger partial charge on any atom is 0.252 e. The lowest BCUT2D eigenvalue weighted by Gasteiger charge is -2.03. The molecule has 8 heteroatoms. The van der Waals surface area contributed by atoms with Gasteiger partial charge in [-0.2, -0.15) is 0 Å². The van der Waals surface area contributed by atoms with Gasteiger partial charge in [0.25, 0.3) is 21.0 Å². The summed E-state index contributed by atoms with van der Waals surface area (Å²) in [7, 11) is 0. The Hall–Kier alpha value is -3.02. The van der Waals surface area contributed by atoms with Crippen LogP contribution in [0, 0.1) is 0 Å². The molecule has 4 rings (SSSR count). The van der Waals surface area contributed by atoms with Crippen LogP contribution in [0.1, 0.15) is 41.4 Å². The van der Waals surface area contributed by atoms with Gasteiger partial charge in [-0.05, 0) is 117 Å². The van der Waals surface area contributed by atoms with Crippen LogP contribution >= 0.6 is 46.4 Å². The molecule has 0 heterocycles. The molecular weight excluding hydrogens is 518 g/mol. The smallest absolute Gasteiger partial charge is 0.252 e. The monoisotopic (exact) mass is 530 g/mol. The lowest BCUT2D eigenvalue weighted by atomic mass is 10.0. The van der Waals surface area contributed by atoms with Gasteiger partial charge in [0.15, 0.2) is 0 Å². The molecule has 0 radical (unpaired) electrons. The van der Waals surface area contributed by atoms with Crippen molar-refractivity contribution in [2.75, 3.05) is 0 Å². The highest BCUT2D eigenvalue weighted by molar-refractivity contribution is 6.68. The average Bonchev–Trinajstić information content (AvgIpc) is 2.83. The molecular formula is C26H14Cl4O4. The van der Waals surface area contributed by atoms with Crippen molar-refractivity contribution >= 4 is 78.1 Å². The summed E-state index contributed by atoms with van der Waals surface area (Å²) >= 11 is 21.5. The van der Waals surface area contributed by atoms with Gasteiger partial charge in [-0.15, -0.1) is 0 Å². The SMILES string of the molecule is O=C(Cl)c1ccc(-c2ccc(C(=O)Cl)cc2)cc1.O=C(Cl)c1ccc2cc(C(=O)Cl)ccc2c1. The molecule has 34 heavy (non-hydrogen) atoms. The Morgan fingerprint density at radius 1 is 0.382 bits per heavy atom. The largest absolute Gasteiger partial charge is 0.276 e. The van der Waals surface area contributed by atoms with Gasteiger partial charge in [0, 0.05) is 22.3 Å². The number of fused-ring (bicyclic) bond motifs is 1. The Kier molecular flexibility index (Phi) is 8.59. The molecule has 0 atom stereocenters. The van der Waals surface area contributed by atoms with Crippen LogP contribution in [0.2, 0.25) is 0 Å². The first-order valence-electron chi connectivity index (χ1n) is 9.69. The first-order chi connectivity index (χ1) is 16.2. The summed E-state index contributed by atoms with van der Waals surface area (Å²) in [6.45, 7) is 0. The van der Waals surface area contributed by atoms with E-state index >= 15 is 0 Å². The summed E-state index contributed by atoms with van der Waals surface area (Å²) in [4.78, 5) is 43.8. The fourth-order valence-corrected chi connectivity index (χ4v) is 3.56. The van der Waals surface area contributed by atoms with Crippen molar-refractivity contribution in [3.8, 4) is 11.1 Å². The van der Waals surface area contributed by atoms with Crippen molar-refractivity contribution in [3.63, 3.8) is 0 Å². The van der Waals surface area contributed by atoms with E-state index in [1.54, 1.807) is 84.9 Å². The van der Waals surface area contributed by atoms with Gasteiger partial charge in [0.1, 0.15) is 0 Å². The third-order valence-electron chi connectivity index (χ3n) is 4.85. The summed E-state index contributed by atoms with van der Waals surface area (Å²) < 4.78 is 0. The molecule has 0 unspecified atom stereocenters. The Morgan fingerprint density at radius 3 is 0.912 bits per heavy atom. The van der Waals surface area contributed by atoms with Gasteiger partial charge < -0.3 is 0 Å². The lowest BCUT2D eigenvalue weighted by molar-refractivity contribution is 0.107. The number of carbonyl (C=O) groups is 4. The number of halogens is 4. The summed E-state index contributed by atoms with van der Waals surface area (Å²) in [6.07, 6.45) is 0. The topological polar surface area (TPSA) is 68.3 Å². The van der Waals surface area contributed by atoms with Crippen molar-refractivity contribution in [1.82, 2.24) is 0 Å². The molecule has 0 aromatic heterocycles. The molecule has 4 aromatic carbocycles. The van der Waals surface area contributed by atoms with Gasteiger partial charge in [0.05, 0.1) is 0 Å². The van der Waals surface area contributed by atoms with Crippen LogP contribution in [-0.2, 0) is 0 Å². The van der Waals surface area contributed by atoms with Gasteiger partial charge in [-0.3, -0.25) is 19.2 Å². The third-order valence-corrected chi connectivity index (χ3v) is 5.72. The number of rotatable bonds is 5. The fourth-order valence-electron chi connectivity index (χ4n) is 3.08. The highest BCUT2D eigenvalue weighted by Crippen LogP contribution is 2.22. The molecule has 0 aliphatic carbocycles. The molecule has 0 aliphatic heterocycles. The van der Waals surface area contributed by atoms with Crippen LogP contribution in [0.3, 0.4) is 0 Å². The third kappa shape index (κ3) is 6.52. The second-order valence-corrected chi connectivity index (χ2v) is 8.40. The minimum Gasteiger partial charge on any atom is -0.276 e. The normalized spacial score (nSPS) is 10.2. The predicted octanol–water partition coefficient (Wildman–Crippen LogP) is 7.71. The summed E-state index contributed by atoms with van der Waals surface area (Å²) in [5.74, 6) is 0. The highest BCUT2D eigenvalue weighted by atomic mass is 35.5. The van der Waals surface area contributed by atoms with Gasteiger partial charge in [-0.1, -0.05) is 36.4 Å². The summed E-state index contributed by atoms with van der Waals surface area (Å²) in [5, 5.41) is -0.283. The van der Waals surface area contributed by atoms with E-state index in [0.29, 0.717) is 22.3 Å². The van der Waals surface area contributed by atoms with E-state index in [0.717, 1.165) is 21.9 Å². The minimum atomic E-state index is -0.501. The van der Waals surface area contributed by atoms with Crippen LogP contribution in [0.25, 0.3) is 21.9 Å². The number of benzene rings is 4. The second-order valence-electron chi connectivity index (χ2n) is 7.03. The minimum absolute atomic E-state index is 0.430. The molecule has 0 fully saturated rings. The zero-order valence-corrected chi connectivity index (χ0v) is 20.3. The maximum atomic E-state index is 11.0. The first-order valence-corrected chi connectivity index (χ1v) is 11.2. The van der Waals surface area contributed by atoms with E-state index in [1.807, 2.05) is 0 Å². The van der Waals surface area contributed by atoms with Crippen molar-refractivity contribution in [2.24, 2.45) is 0 Å². The zero-order valence-electron chi connectivity index (χ0n) is 17.2. The standard InChI is InChI=1S/C14H8Cl2O2.C12H6Cl2O2/c15-13(17)11-5-1-9(2-6-11)10-3-7-12(8-4-10)14(16)18;13-11(15)9-3-1-7-5-10(12(14)16)4-2-8(7)6-9/h1-8H;1-6H. The second kappa shape index (κ2) is 11.4. The molecule has 170 valence electrons. The molecule has 4 aromatic rings. The molecule has 0 aliphatic rings. The highest BCUT2D eigenvalue weighted by Gasteiger charge is 2.06. The lowest BCUT2D eigenvalue weighted by Crippen LogP contribution is -1.90. The Labute approximate surface area is 215 Å². The number of hydrogen-bond donors (Lipinski definition) is 0. The van der Waals surface area contributed by atoms with E-state index in [1.165, 1.54) is 0 Å². The molecule has 0 saturated heterocycles. The van der Waals surface area contributed by atoms with E-state index in [4.69, 9.17) is 46.4 Å². The predicted molar refractivity (Wildman–Crippen MR) is 137 cm³/mol. The number of carbonyl (C=O) groups excluding carboxylic acids is 4. The molecule has 0 bridgehead atoms. The van der Waals surface area contributed by atoms with E-state index in [2.05, 4.69) is 0 Å². The summed E-state index contributed by atoms with van der Waals surface area (Å²) in [5.41, 5.74) is 3.63. The van der Waals surface area contributed by atoms with Crippen LogP contribution in [-0.4, -0.2) is 21.0 Å². The Balaban J connectivity index is 0.000000192. The Bertz CT molecular complexity index is 1290. The quantitative estimate of drug-likeness (QED) is 0.247. The van der Waals surface area contributed by atoms with Crippen molar-refractivity contribution in [2.45, 2.75) is 0 Å². The maximum absolute atomic E-state index is 11.0. The zero-order chi connectivity index (χ0) is 24.8.